The van der Waals surface area contributed by atoms with Gasteiger partial charge in [-0.15, -0.1) is 0 Å². The fraction of sp³-hybridized carbons (Fsp3) is 0.429. The first-order chi connectivity index (χ1) is 14.8. The van der Waals surface area contributed by atoms with Gasteiger partial charge in [-0.05, 0) is 50.1 Å². The molecule has 1 aromatic carbocycles. The molecule has 1 saturated carbocycles. The van der Waals surface area contributed by atoms with Crippen molar-refractivity contribution in [3.63, 3.8) is 0 Å². The maximum Gasteiger partial charge on any atom is 0.264 e. The van der Waals surface area contributed by atoms with Crippen molar-refractivity contribution in [3.8, 4) is 0 Å². The van der Waals surface area contributed by atoms with E-state index < -0.39 is 15.9 Å². The first-order valence-electron chi connectivity index (χ1n) is 10.3. The number of aromatic nitrogens is 2. The molecule has 9 nitrogen and oxygen atoms in total. The number of benzene rings is 1. The highest BCUT2D eigenvalue weighted by Crippen LogP contribution is 2.30. The van der Waals surface area contributed by atoms with E-state index in [2.05, 4.69) is 20.0 Å². The van der Waals surface area contributed by atoms with Gasteiger partial charge in [-0.1, -0.05) is 12.8 Å². The molecule has 1 aliphatic carbocycles. The molecule has 164 valence electrons. The minimum absolute atomic E-state index is 0.00454. The monoisotopic (exact) mass is 443 g/mol. The molecule has 1 unspecified atom stereocenters. The van der Waals surface area contributed by atoms with E-state index in [0.29, 0.717) is 17.9 Å². The number of anilines is 2. The summed E-state index contributed by atoms with van der Waals surface area (Å²) in [6, 6.07) is 7.78. The highest BCUT2D eigenvalue weighted by molar-refractivity contribution is 7.92. The number of carbonyl (C=O) groups is 2. The molecule has 1 aromatic heterocycles. The van der Waals surface area contributed by atoms with Crippen LogP contribution in [0.3, 0.4) is 0 Å². The first kappa shape index (κ1) is 21.2. The fourth-order valence-electron chi connectivity index (χ4n) is 4.12. The summed E-state index contributed by atoms with van der Waals surface area (Å²) in [7, 11) is -3.85. The van der Waals surface area contributed by atoms with Crippen LogP contribution in [0.1, 0.15) is 37.8 Å². The predicted octanol–water partition coefficient (Wildman–Crippen LogP) is 2.32. The topological polar surface area (TPSA) is 121 Å². The van der Waals surface area contributed by atoms with Crippen molar-refractivity contribution >= 4 is 33.5 Å². The quantitative estimate of drug-likeness (QED) is 0.707. The highest BCUT2D eigenvalue weighted by atomic mass is 32.2. The Morgan fingerprint density at radius 2 is 1.84 bits per heavy atom. The standard InChI is InChI=1S/C21H25N5O4S/c1-14-10-11-22-21(23-14)25-31(29,30)18-8-6-16(7-9-18)24-20(28)15-12-19(27)26(13-15)17-4-2-3-5-17/h6-11,15,17H,2-5,12-13H2,1H3,(H,24,28)(H,22,23,25). The average molecular weight is 444 g/mol. The molecule has 1 aliphatic heterocycles. The third-order valence-electron chi connectivity index (χ3n) is 5.75. The zero-order valence-corrected chi connectivity index (χ0v) is 18.1. The van der Waals surface area contributed by atoms with Crippen molar-refractivity contribution in [2.24, 2.45) is 5.92 Å². The van der Waals surface area contributed by atoms with Crippen LogP contribution in [0.4, 0.5) is 11.6 Å². The van der Waals surface area contributed by atoms with E-state index in [4.69, 9.17) is 0 Å². The van der Waals surface area contributed by atoms with E-state index in [9.17, 15) is 18.0 Å². The summed E-state index contributed by atoms with van der Waals surface area (Å²) in [5.74, 6) is -0.583. The molecule has 2 N–H and O–H groups in total. The molecular formula is C21H25N5O4S. The summed E-state index contributed by atoms with van der Waals surface area (Å²) in [6.07, 6.45) is 5.97. The Morgan fingerprint density at radius 1 is 1.13 bits per heavy atom. The summed E-state index contributed by atoms with van der Waals surface area (Å²) in [6.45, 7) is 2.18. The fourth-order valence-corrected chi connectivity index (χ4v) is 5.07. The van der Waals surface area contributed by atoms with Gasteiger partial charge in [0, 0.05) is 36.6 Å². The van der Waals surface area contributed by atoms with Gasteiger partial charge in [0.15, 0.2) is 0 Å². The zero-order valence-electron chi connectivity index (χ0n) is 17.2. The van der Waals surface area contributed by atoms with E-state index in [1.165, 1.54) is 30.5 Å². The second kappa shape index (κ2) is 8.62. The molecule has 0 bridgehead atoms. The predicted molar refractivity (Wildman–Crippen MR) is 115 cm³/mol. The summed E-state index contributed by atoms with van der Waals surface area (Å²) >= 11 is 0. The second-order valence-electron chi connectivity index (χ2n) is 8.03. The van der Waals surface area contributed by atoms with Crippen LogP contribution >= 0.6 is 0 Å². The van der Waals surface area contributed by atoms with Gasteiger partial charge in [0.2, 0.25) is 17.8 Å². The lowest BCUT2D eigenvalue weighted by atomic mass is 10.1. The van der Waals surface area contributed by atoms with Crippen LogP contribution in [0.25, 0.3) is 0 Å². The number of amides is 2. The number of nitrogens with zero attached hydrogens (tertiary/aromatic N) is 3. The van der Waals surface area contributed by atoms with Gasteiger partial charge in [-0.25, -0.2) is 23.1 Å². The lowest BCUT2D eigenvalue weighted by molar-refractivity contribution is -0.129. The Balaban J connectivity index is 1.38. The van der Waals surface area contributed by atoms with E-state index in [-0.39, 0.29) is 35.1 Å². The SMILES string of the molecule is Cc1ccnc(NS(=O)(=O)c2ccc(NC(=O)C3CC(=O)N(C4CCCC4)C3)cc2)n1. The van der Waals surface area contributed by atoms with E-state index in [1.807, 2.05) is 4.90 Å². The highest BCUT2D eigenvalue weighted by Gasteiger charge is 2.38. The third-order valence-corrected chi connectivity index (χ3v) is 7.09. The number of hydrogen-bond donors (Lipinski definition) is 2. The molecular weight excluding hydrogens is 418 g/mol. The molecule has 31 heavy (non-hydrogen) atoms. The molecule has 0 radical (unpaired) electrons. The number of aryl methyl sites for hydroxylation is 1. The van der Waals surface area contributed by atoms with E-state index >= 15 is 0 Å². The van der Waals surface area contributed by atoms with E-state index in [0.717, 1.165) is 25.7 Å². The minimum atomic E-state index is -3.85. The van der Waals surface area contributed by atoms with Crippen LogP contribution in [0.15, 0.2) is 41.4 Å². The van der Waals surface area contributed by atoms with Gasteiger partial charge < -0.3 is 10.2 Å². The van der Waals surface area contributed by atoms with Crippen molar-refractivity contribution in [1.82, 2.24) is 14.9 Å². The lowest BCUT2D eigenvalue weighted by Crippen LogP contribution is -2.35. The van der Waals surface area contributed by atoms with Crippen molar-refractivity contribution in [2.75, 3.05) is 16.6 Å². The zero-order chi connectivity index (χ0) is 22.0. The molecule has 2 aromatic rings. The smallest absolute Gasteiger partial charge is 0.264 e. The summed E-state index contributed by atoms with van der Waals surface area (Å²) < 4.78 is 27.4. The van der Waals surface area contributed by atoms with Crippen LogP contribution in [0.2, 0.25) is 0 Å². The van der Waals surface area contributed by atoms with Crippen LogP contribution < -0.4 is 10.0 Å². The molecule has 2 aliphatic rings. The van der Waals surface area contributed by atoms with Gasteiger partial charge in [-0.3, -0.25) is 9.59 Å². The molecule has 4 rings (SSSR count). The normalized spacial score (nSPS) is 19.6. The maximum absolute atomic E-state index is 12.6. The second-order valence-corrected chi connectivity index (χ2v) is 9.71. The van der Waals surface area contributed by atoms with Crippen LogP contribution in [-0.4, -0.2) is 47.7 Å². The number of carbonyl (C=O) groups excluding carboxylic acids is 2. The summed E-state index contributed by atoms with van der Waals surface area (Å²) in [5, 5.41) is 2.79. The third kappa shape index (κ3) is 4.84. The Labute approximate surface area is 181 Å². The van der Waals surface area contributed by atoms with Crippen LogP contribution in [0.5, 0.6) is 0 Å². The molecule has 2 fully saturated rings. The Bertz CT molecular complexity index is 1080. The minimum Gasteiger partial charge on any atom is -0.339 e. The molecule has 1 saturated heterocycles. The number of hydrogen-bond acceptors (Lipinski definition) is 6. The molecule has 2 heterocycles. The van der Waals surface area contributed by atoms with Gasteiger partial charge >= 0.3 is 0 Å². The molecule has 0 spiro atoms. The largest absolute Gasteiger partial charge is 0.339 e. The Morgan fingerprint density at radius 3 is 2.52 bits per heavy atom. The van der Waals surface area contributed by atoms with Crippen molar-refractivity contribution in [2.45, 2.75) is 50.0 Å². The Hall–Kier alpha value is -3.01. The van der Waals surface area contributed by atoms with Gasteiger partial charge in [0.25, 0.3) is 10.0 Å². The molecule has 1 atom stereocenters. The van der Waals surface area contributed by atoms with Crippen LogP contribution in [0, 0.1) is 12.8 Å². The van der Waals surface area contributed by atoms with Crippen molar-refractivity contribution in [1.29, 1.82) is 0 Å². The summed E-state index contributed by atoms with van der Waals surface area (Å²) in [5.41, 5.74) is 1.12. The van der Waals surface area contributed by atoms with Gasteiger partial charge in [-0.2, -0.15) is 0 Å². The number of likely N-dealkylation sites (tertiary alicyclic amines) is 1. The number of nitrogens with one attached hydrogen (secondary N) is 2. The van der Waals surface area contributed by atoms with Gasteiger partial charge in [0.05, 0.1) is 10.8 Å². The maximum atomic E-state index is 12.6. The van der Waals surface area contributed by atoms with Gasteiger partial charge in [0.1, 0.15) is 0 Å². The molecule has 2 amide bonds. The summed E-state index contributed by atoms with van der Waals surface area (Å²) in [4.78, 5) is 34.8. The number of rotatable bonds is 6. The Kier molecular flexibility index (Phi) is 5.90. The van der Waals surface area contributed by atoms with Crippen molar-refractivity contribution in [3.05, 3.63) is 42.2 Å². The first-order valence-corrected chi connectivity index (χ1v) is 11.8. The lowest BCUT2D eigenvalue weighted by Gasteiger charge is -2.23. The average Bonchev–Trinajstić information content (AvgIpc) is 3.37. The van der Waals surface area contributed by atoms with Crippen LogP contribution in [-0.2, 0) is 19.6 Å². The van der Waals surface area contributed by atoms with Crippen molar-refractivity contribution < 1.29 is 18.0 Å². The molecule has 10 heteroatoms. The van der Waals surface area contributed by atoms with E-state index in [1.54, 1.807) is 13.0 Å². The number of sulfonamides is 1.